The van der Waals surface area contributed by atoms with Gasteiger partial charge in [-0.3, -0.25) is 4.79 Å². The van der Waals surface area contributed by atoms with Crippen molar-refractivity contribution in [1.82, 2.24) is 0 Å². The van der Waals surface area contributed by atoms with Crippen LogP contribution in [0.4, 0.5) is 0 Å². The van der Waals surface area contributed by atoms with E-state index in [0.717, 1.165) is 0 Å². The van der Waals surface area contributed by atoms with Crippen molar-refractivity contribution in [3.63, 3.8) is 0 Å². The maximum Gasteiger partial charge on any atom is 2.00 e. The largest absolute Gasteiger partial charge is 2.00 e. The smallest absolute Gasteiger partial charge is 0.747 e. The normalized spacial score (nSPS) is 12.3. The second-order valence-corrected chi connectivity index (χ2v) is 5.14. The maximum absolute atomic E-state index is 10.3. The van der Waals surface area contributed by atoms with Gasteiger partial charge < -0.3 is 9.11 Å². The van der Waals surface area contributed by atoms with Crippen LogP contribution in [-0.4, -0.2) is 36.3 Å². The molecule has 0 saturated carbocycles. The van der Waals surface area contributed by atoms with Crippen LogP contribution < -0.4 is 0 Å². The quantitative estimate of drug-likeness (QED) is 0.429. The van der Waals surface area contributed by atoms with Gasteiger partial charge in [0, 0.05) is 0 Å². The molecular formula is C3H4NiO7S2. The molecule has 0 aliphatic heterocycles. The molecular weight excluding hydrogens is 271 g/mol. The van der Waals surface area contributed by atoms with E-state index in [1.807, 2.05) is 0 Å². The molecule has 0 aromatic carbocycles. The molecule has 0 unspecified atom stereocenters. The van der Waals surface area contributed by atoms with Gasteiger partial charge in [0.25, 0.3) is 0 Å². The van der Waals surface area contributed by atoms with Crippen LogP contribution in [0.15, 0.2) is 0 Å². The third-order valence-electron chi connectivity index (χ3n) is 0.856. The Morgan fingerprint density at radius 1 is 1.08 bits per heavy atom. The first-order valence-corrected chi connectivity index (χ1v) is 5.41. The van der Waals surface area contributed by atoms with Crippen LogP contribution in [-0.2, 0) is 41.5 Å². The van der Waals surface area contributed by atoms with Crippen LogP contribution >= 0.6 is 0 Å². The van der Waals surface area contributed by atoms with Crippen LogP contribution in [0.2, 0.25) is 0 Å². The molecule has 0 N–H and O–H groups in total. The van der Waals surface area contributed by atoms with Gasteiger partial charge >= 0.3 is 16.5 Å². The fourth-order valence-corrected chi connectivity index (χ4v) is 2.52. The Morgan fingerprint density at radius 3 is 1.31 bits per heavy atom. The summed E-state index contributed by atoms with van der Waals surface area (Å²) in [6.45, 7) is 0.537. The topological polar surface area (TPSA) is 131 Å². The molecule has 0 bridgehead atoms. The Hall–Kier alpha value is -0.0165. The summed E-state index contributed by atoms with van der Waals surface area (Å²) in [6.07, 6.45) is 0. The average Bonchev–Trinajstić information content (AvgIpc) is 1.49. The molecule has 7 nitrogen and oxygen atoms in total. The van der Waals surface area contributed by atoms with Crippen molar-refractivity contribution in [2.75, 3.05) is 0 Å². The molecule has 13 heavy (non-hydrogen) atoms. The van der Waals surface area contributed by atoms with E-state index in [9.17, 15) is 30.7 Å². The molecule has 0 amide bonds. The van der Waals surface area contributed by atoms with Gasteiger partial charge in [0.15, 0.2) is 10.4 Å². The van der Waals surface area contributed by atoms with Gasteiger partial charge in [-0.25, -0.2) is 16.8 Å². The van der Waals surface area contributed by atoms with E-state index in [-0.39, 0.29) is 16.5 Å². The second-order valence-electron chi connectivity index (χ2n) is 1.93. The van der Waals surface area contributed by atoms with Crippen LogP contribution in [0.5, 0.6) is 0 Å². The van der Waals surface area contributed by atoms with Crippen molar-refractivity contribution in [1.29, 1.82) is 0 Å². The van der Waals surface area contributed by atoms with E-state index in [4.69, 9.17) is 0 Å². The Bertz CT molecular complexity index is 346. The van der Waals surface area contributed by atoms with Crippen LogP contribution in [0, 0.1) is 0 Å². The Labute approximate surface area is 84.9 Å². The third kappa shape index (κ3) is 4.68. The number of ketones is 1. The predicted octanol–water partition coefficient (Wildman–Crippen LogP) is -2.01. The van der Waals surface area contributed by atoms with Crippen molar-refractivity contribution in [3.05, 3.63) is 0 Å². The fourth-order valence-electron chi connectivity index (χ4n) is 0.551. The molecule has 0 aromatic heterocycles. The molecule has 0 aliphatic carbocycles. The first-order chi connectivity index (χ1) is 5.07. The minimum absolute atomic E-state index is 0. The van der Waals surface area contributed by atoms with Crippen LogP contribution in [0.3, 0.4) is 0 Å². The SMILES string of the molecule is CC(=O)C(S(=O)(=O)[O-])S(=O)(=O)[O-].[Ni+2]. The van der Waals surface area contributed by atoms with Gasteiger partial charge in [-0.05, 0) is 6.92 Å². The van der Waals surface area contributed by atoms with Gasteiger partial charge in [-0.2, -0.15) is 0 Å². The van der Waals surface area contributed by atoms with E-state index >= 15 is 0 Å². The van der Waals surface area contributed by atoms with E-state index in [1.165, 1.54) is 0 Å². The van der Waals surface area contributed by atoms with Gasteiger partial charge in [0.05, 0.1) is 0 Å². The molecule has 0 radical (unpaired) electrons. The van der Waals surface area contributed by atoms with Crippen LogP contribution in [0.1, 0.15) is 6.92 Å². The summed E-state index contributed by atoms with van der Waals surface area (Å²) in [5.74, 6) is -1.50. The number of carbonyl (C=O) groups is 1. The van der Waals surface area contributed by atoms with Crippen LogP contribution in [0.25, 0.3) is 0 Å². The zero-order valence-corrected chi connectivity index (χ0v) is 8.69. The van der Waals surface area contributed by atoms with Gasteiger partial charge in [0.2, 0.25) is 0 Å². The van der Waals surface area contributed by atoms with E-state index in [0.29, 0.717) is 6.92 Å². The molecule has 0 fully saturated rings. The number of Topliss-reactive ketones (excluding diaryl/α,β-unsaturated/α-hetero) is 1. The minimum atomic E-state index is -5.42. The average molecular weight is 275 g/mol. The summed E-state index contributed by atoms with van der Waals surface area (Å²) in [5.41, 5.74) is 0. The van der Waals surface area contributed by atoms with E-state index in [1.54, 1.807) is 0 Å². The standard InChI is InChI=1S/C3H6O7S2.Ni/c1-2(4)3(11(5,6)7)12(8,9)10;/h3H,1H3,(H,5,6,7)(H,8,9,10);/q;+2/p-2. The summed E-state index contributed by atoms with van der Waals surface area (Å²) in [7, 11) is -10.8. The number of hydrogen-bond donors (Lipinski definition) is 0. The number of hydrogen-bond acceptors (Lipinski definition) is 7. The molecule has 0 aromatic rings. The summed E-state index contributed by atoms with van der Waals surface area (Å²) in [4.78, 5) is 10.3. The minimum Gasteiger partial charge on any atom is -0.747 e. The monoisotopic (exact) mass is 274 g/mol. The zero-order valence-electron chi connectivity index (χ0n) is 6.07. The molecule has 0 saturated heterocycles. The molecule has 0 aliphatic rings. The second kappa shape index (κ2) is 4.47. The summed E-state index contributed by atoms with van der Waals surface area (Å²) < 4.78 is 57.4. The Kier molecular flexibility index (Phi) is 5.31. The van der Waals surface area contributed by atoms with E-state index < -0.39 is 30.6 Å². The number of carbonyl (C=O) groups excluding carboxylic acids is 1. The fraction of sp³-hybridized carbons (Fsp3) is 0.667. The van der Waals surface area contributed by atoms with E-state index in [2.05, 4.69) is 0 Å². The Balaban J connectivity index is 0. The molecule has 0 heterocycles. The first-order valence-electron chi connectivity index (χ1n) is 2.46. The van der Waals surface area contributed by atoms with Crippen molar-refractivity contribution >= 4 is 26.0 Å². The maximum atomic E-state index is 10.3. The summed E-state index contributed by atoms with van der Waals surface area (Å²) in [6, 6.07) is 0. The van der Waals surface area contributed by atoms with Crippen molar-refractivity contribution in [2.24, 2.45) is 0 Å². The summed E-state index contributed by atoms with van der Waals surface area (Å²) in [5, 5.41) is 0. The predicted molar refractivity (Wildman–Crippen MR) is 33.9 cm³/mol. The molecule has 80 valence electrons. The van der Waals surface area contributed by atoms with Gasteiger partial charge in [0.1, 0.15) is 20.2 Å². The third-order valence-corrected chi connectivity index (χ3v) is 3.98. The van der Waals surface area contributed by atoms with Crippen molar-refractivity contribution < 1.29 is 47.2 Å². The molecule has 0 spiro atoms. The van der Waals surface area contributed by atoms with Gasteiger partial charge in [-0.15, -0.1) is 0 Å². The van der Waals surface area contributed by atoms with Crippen molar-refractivity contribution in [2.45, 2.75) is 11.5 Å². The molecule has 10 heteroatoms. The zero-order chi connectivity index (χ0) is 10.2. The molecule has 0 atom stereocenters. The van der Waals surface area contributed by atoms with Gasteiger partial charge in [-0.1, -0.05) is 0 Å². The molecule has 0 rings (SSSR count). The Morgan fingerprint density at radius 2 is 1.31 bits per heavy atom. The first kappa shape index (κ1) is 15.5. The van der Waals surface area contributed by atoms with Crippen molar-refractivity contribution in [3.8, 4) is 0 Å². The number of rotatable bonds is 3. The summed E-state index contributed by atoms with van der Waals surface area (Å²) >= 11 is 0.